The van der Waals surface area contributed by atoms with Gasteiger partial charge in [-0.3, -0.25) is 9.89 Å². The first-order valence-corrected chi connectivity index (χ1v) is 10.7. The van der Waals surface area contributed by atoms with Crippen LogP contribution in [0.15, 0.2) is 58.1 Å². The number of aliphatic imine (C=N–C) groups is 1. The Hall–Kier alpha value is -2.35. The van der Waals surface area contributed by atoms with Crippen molar-refractivity contribution in [3.8, 4) is 0 Å². The molecule has 1 unspecified atom stereocenters. The van der Waals surface area contributed by atoms with Crippen LogP contribution in [-0.2, 0) is 17.6 Å². The van der Waals surface area contributed by atoms with Crippen LogP contribution in [0.2, 0.25) is 0 Å². The number of hydrogen-bond acceptors (Lipinski definition) is 5. The smallest absolute Gasteiger partial charge is 0.191 e. The van der Waals surface area contributed by atoms with Gasteiger partial charge in [0.05, 0.1) is 31.6 Å². The molecule has 1 saturated heterocycles. The van der Waals surface area contributed by atoms with Crippen molar-refractivity contribution in [2.45, 2.75) is 25.4 Å². The fraction of sp³-hybridized carbons (Fsp3) is 0.522. The zero-order valence-corrected chi connectivity index (χ0v) is 17.8. The van der Waals surface area contributed by atoms with Crippen LogP contribution in [0.1, 0.15) is 18.2 Å². The molecule has 2 heterocycles. The second-order valence-corrected chi connectivity index (χ2v) is 7.97. The lowest BCUT2D eigenvalue weighted by atomic mass is 10.1. The number of guanidine groups is 1. The molecule has 1 atom stereocenters. The molecule has 0 aliphatic carbocycles. The molecule has 3 rings (SSSR count). The van der Waals surface area contributed by atoms with E-state index in [1.54, 1.807) is 6.26 Å². The fourth-order valence-corrected chi connectivity index (χ4v) is 3.44. The van der Waals surface area contributed by atoms with Crippen LogP contribution < -0.4 is 10.6 Å². The summed E-state index contributed by atoms with van der Waals surface area (Å²) in [4.78, 5) is 6.89. The lowest BCUT2D eigenvalue weighted by Crippen LogP contribution is -2.48. The van der Waals surface area contributed by atoms with Crippen molar-refractivity contribution in [2.75, 3.05) is 52.5 Å². The summed E-state index contributed by atoms with van der Waals surface area (Å²) >= 11 is 0. The predicted molar refractivity (Wildman–Crippen MR) is 119 cm³/mol. The van der Waals surface area contributed by atoms with Gasteiger partial charge in [0, 0.05) is 39.1 Å². The molecular weight excluding hydrogens is 380 g/mol. The van der Waals surface area contributed by atoms with Crippen LogP contribution in [0.5, 0.6) is 0 Å². The minimum atomic E-state index is -0.896. The van der Waals surface area contributed by atoms with Gasteiger partial charge < -0.3 is 24.9 Å². The maximum absolute atomic E-state index is 10.8. The van der Waals surface area contributed by atoms with Crippen molar-refractivity contribution in [3.05, 3.63) is 60.1 Å². The monoisotopic (exact) mass is 414 g/mol. The number of benzene rings is 1. The van der Waals surface area contributed by atoms with Gasteiger partial charge >= 0.3 is 0 Å². The van der Waals surface area contributed by atoms with Crippen LogP contribution >= 0.6 is 0 Å². The Bertz CT molecular complexity index is 741. The third kappa shape index (κ3) is 8.18. The van der Waals surface area contributed by atoms with E-state index in [1.165, 1.54) is 5.56 Å². The van der Waals surface area contributed by atoms with Crippen LogP contribution in [0, 0.1) is 0 Å². The minimum absolute atomic E-state index is 0.325. The van der Waals surface area contributed by atoms with E-state index in [0.29, 0.717) is 25.6 Å². The highest BCUT2D eigenvalue weighted by Gasteiger charge is 2.25. The van der Waals surface area contributed by atoms with Crippen molar-refractivity contribution in [1.82, 2.24) is 15.5 Å². The summed E-state index contributed by atoms with van der Waals surface area (Å²) in [5.41, 5.74) is 0.381. The van der Waals surface area contributed by atoms with Gasteiger partial charge in [0.25, 0.3) is 0 Å². The number of nitrogens with zero attached hydrogens (tertiary/aromatic N) is 2. The first kappa shape index (κ1) is 22.3. The van der Waals surface area contributed by atoms with Gasteiger partial charge in [-0.1, -0.05) is 30.3 Å². The summed E-state index contributed by atoms with van der Waals surface area (Å²) in [6, 6.07) is 14.2. The lowest BCUT2D eigenvalue weighted by Gasteiger charge is -2.33. The molecule has 30 heavy (non-hydrogen) atoms. The highest BCUT2D eigenvalue weighted by molar-refractivity contribution is 5.79. The van der Waals surface area contributed by atoms with Crippen molar-refractivity contribution in [2.24, 2.45) is 4.99 Å². The predicted octanol–water partition coefficient (Wildman–Crippen LogP) is 1.68. The zero-order valence-electron chi connectivity index (χ0n) is 17.8. The third-order valence-electron chi connectivity index (χ3n) is 5.04. The number of ether oxygens (including phenoxy) is 1. The lowest BCUT2D eigenvalue weighted by molar-refractivity contribution is -0.0180. The molecule has 1 fully saturated rings. The fourth-order valence-electron chi connectivity index (χ4n) is 3.44. The molecule has 2 aromatic rings. The molecule has 1 aliphatic rings. The summed E-state index contributed by atoms with van der Waals surface area (Å²) in [5.74, 6) is 1.64. The highest BCUT2D eigenvalue weighted by atomic mass is 16.5. The average Bonchev–Trinajstić information content (AvgIpc) is 3.26. The Morgan fingerprint density at radius 2 is 1.80 bits per heavy atom. The summed E-state index contributed by atoms with van der Waals surface area (Å²) in [6.07, 6.45) is 3.37. The highest BCUT2D eigenvalue weighted by Crippen LogP contribution is 2.09. The second-order valence-electron chi connectivity index (χ2n) is 7.97. The molecule has 0 radical (unpaired) electrons. The molecule has 1 aromatic heterocycles. The maximum Gasteiger partial charge on any atom is 0.191 e. The Morgan fingerprint density at radius 3 is 2.50 bits per heavy atom. The zero-order chi connectivity index (χ0) is 21.1. The standard InChI is InChI=1S/C23H34N4O3/c1-23(28,19-27-13-16-29-17-14-27)18-26-22(25-12-10-21-8-5-15-30-21)24-11-9-20-6-3-2-4-7-20/h2-8,15,28H,9-14,16-19H2,1H3,(H2,24,25,26). The van der Waals surface area contributed by atoms with E-state index >= 15 is 0 Å². The number of nitrogens with one attached hydrogen (secondary N) is 2. The van der Waals surface area contributed by atoms with E-state index in [0.717, 1.165) is 51.4 Å². The van der Waals surface area contributed by atoms with Gasteiger partial charge in [-0.25, -0.2) is 0 Å². The topological polar surface area (TPSA) is 82.3 Å². The maximum atomic E-state index is 10.8. The Balaban J connectivity index is 1.52. The van der Waals surface area contributed by atoms with Crippen LogP contribution in [0.4, 0.5) is 0 Å². The molecule has 0 bridgehead atoms. The molecule has 1 aliphatic heterocycles. The third-order valence-corrected chi connectivity index (χ3v) is 5.04. The Morgan fingerprint density at radius 1 is 1.07 bits per heavy atom. The summed E-state index contributed by atoms with van der Waals surface area (Å²) < 4.78 is 10.8. The Kier molecular flexibility index (Phi) is 8.74. The molecule has 7 heteroatoms. The minimum Gasteiger partial charge on any atom is -0.469 e. The SMILES string of the molecule is CC(O)(CN=C(NCCc1ccccc1)NCCc1ccco1)CN1CCOCC1. The van der Waals surface area contributed by atoms with Crippen LogP contribution in [0.25, 0.3) is 0 Å². The van der Waals surface area contributed by atoms with E-state index in [4.69, 9.17) is 9.15 Å². The van der Waals surface area contributed by atoms with Gasteiger partial charge in [-0.2, -0.15) is 0 Å². The number of aliphatic hydroxyl groups is 1. The molecule has 0 amide bonds. The molecule has 0 saturated carbocycles. The van der Waals surface area contributed by atoms with Crippen LogP contribution in [-0.4, -0.2) is 74.0 Å². The van der Waals surface area contributed by atoms with E-state index in [-0.39, 0.29) is 0 Å². The van der Waals surface area contributed by atoms with Gasteiger partial charge in [-0.15, -0.1) is 0 Å². The van der Waals surface area contributed by atoms with Crippen molar-refractivity contribution < 1.29 is 14.3 Å². The Labute approximate surface area is 179 Å². The van der Waals surface area contributed by atoms with Gasteiger partial charge in [0.1, 0.15) is 5.76 Å². The quantitative estimate of drug-likeness (QED) is 0.405. The van der Waals surface area contributed by atoms with Gasteiger partial charge in [0.15, 0.2) is 5.96 Å². The summed E-state index contributed by atoms with van der Waals surface area (Å²) in [7, 11) is 0. The first-order valence-electron chi connectivity index (χ1n) is 10.7. The van der Waals surface area contributed by atoms with Crippen molar-refractivity contribution in [3.63, 3.8) is 0 Å². The van der Waals surface area contributed by atoms with Crippen LogP contribution in [0.3, 0.4) is 0 Å². The number of morpholine rings is 1. The molecule has 3 N–H and O–H groups in total. The molecule has 0 spiro atoms. The van der Waals surface area contributed by atoms with E-state index < -0.39 is 5.60 Å². The second kappa shape index (κ2) is 11.7. The van der Waals surface area contributed by atoms with Crippen molar-refractivity contribution in [1.29, 1.82) is 0 Å². The molecule has 7 nitrogen and oxygen atoms in total. The number of furan rings is 1. The summed E-state index contributed by atoms with van der Waals surface area (Å²) in [5, 5.41) is 17.6. The molecular formula is C23H34N4O3. The largest absolute Gasteiger partial charge is 0.469 e. The summed E-state index contributed by atoms with van der Waals surface area (Å²) in [6.45, 7) is 7.37. The number of hydrogen-bond donors (Lipinski definition) is 3. The molecule has 1 aromatic carbocycles. The van der Waals surface area contributed by atoms with E-state index in [2.05, 4.69) is 44.8 Å². The van der Waals surface area contributed by atoms with E-state index in [9.17, 15) is 5.11 Å². The average molecular weight is 415 g/mol. The van der Waals surface area contributed by atoms with E-state index in [1.807, 2.05) is 25.1 Å². The van der Waals surface area contributed by atoms with Gasteiger partial charge in [-0.05, 0) is 31.0 Å². The normalized spacial score (nSPS) is 17.5. The number of β-amino-alcohol motifs (C(OH)–C–C–N with tert-alkyl or cyclic N) is 1. The first-order chi connectivity index (χ1) is 14.6. The van der Waals surface area contributed by atoms with Gasteiger partial charge in [0.2, 0.25) is 0 Å². The number of rotatable bonds is 10. The molecule has 164 valence electrons. The van der Waals surface area contributed by atoms with Crippen molar-refractivity contribution >= 4 is 5.96 Å².